The van der Waals surface area contributed by atoms with Gasteiger partial charge in [-0.15, -0.1) is 0 Å². The number of hydrogen-bond donors (Lipinski definition) is 2. The van der Waals surface area contributed by atoms with Gasteiger partial charge in [-0.05, 0) is 50.1 Å². The molecule has 2 aliphatic heterocycles. The van der Waals surface area contributed by atoms with Crippen LogP contribution in [0.5, 0.6) is 0 Å². The Morgan fingerprint density at radius 2 is 2.24 bits per heavy atom. The predicted octanol–water partition coefficient (Wildman–Crippen LogP) is 1.40. The molecule has 0 saturated carbocycles. The first-order chi connectivity index (χ1) is 10.2. The molecule has 0 spiro atoms. The SMILES string of the molecule is CN[C@H]1CCCN(C(=O)c2ccc3c(c2)CCC(=O)N3)C1. The second kappa shape index (κ2) is 5.85. The number of carbonyl (C=O) groups is 2. The minimum absolute atomic E-state index is 0.0504. The second-order valence-electron chi connectivity index (χ2n) is 5.80. The van der Waals surface area contributed by atoms with Crippen molar-refractivity contribution in [1.82, 2.24) is 10.2 Å². The molecule has 1 aromatic rings. The highest BCUT2D eigenvalue weighted by Gasteiger charge is 2.24. The molecule has 0 bridgehead atoms. The normalized spacial score (nSPS) is 21.7. The van der Waals surface area contributed by atoms with E-state index in [-0.39, 0.29) is 11.8 Å². The molecule has 1 fully saturated rings. The van der Waals surface area contributed by atoms with Crippen LogP contribution < -0.4 is 10.6 Å². The largest absolute Gasteiger partial charge is 0.337 e. The topological polar surface area (TPSA) is 61.4 Å². The Kier molecular flexibility index (Phi) is 3.92. The van der Waals surface area contributed by atoms with Crippen molar-refractivity contribution in [1.29, 1.82) is 0 Å². The number of benzene rings is 1. The average molecular weight is 287 g/mol. The van der Waals surface area contributed by atoms with Crippen LogP contribution in [0.4, 0.5) is 5.69 Å². The molecular weight excluding hydrogens is 266 g/mol. The fourth-order valence-electron chi connectivity index (χ4n) is 3.10. The molecule has 0 radical (unpaired) electrons. The van der Waals surface area contributed by atoms with Crippen molar-refractivity contribution < 1.29 is 9.59 Å². The molecule has 112 valence electrons. The van der Waals surface area contributed by atoms with Gasteiger partial charge in [0, 0.05) is 36.8 Å². The lowest BCUT2D eigenvalue weighted by Crippen LogP contribution is -2.47. The highest BCUT2D eigenvalue weighted by molar-refractivity contribution is 5.98. The van der Waals surface area contributed by atoms with Gasteiger partial charge in [0.05, 0.1) is 0 Å². The van der Waals surface area contributed by atoms with E-state index < -0.39 is 0 Å². The highest BCUT2D eigenvalue weighted by Crippen LogP contribution is 2.24. The van der Waals surface area contributed by atoms with Crippen LogP contribution in [0.15, 0.2) is 18.2 Å². The minimum Gasteiger partial charge on any atom is -0.337 e. The van der Waals surface area contributed by atoms with E-state index in [4.69, 9.17) is 0 Å². The summed E-state index contributed by atoms with van der Waals surface area (Å²) in [4.78, 5) is 25.9. The number of likely N-dealkylation sites (tertiary alicyclic amines) is 1. The van der Waals surface area contributed by atoms with Crippen molar-refractivity contribution in [2.24, 2.45) is 0 Å². The Bertz CT molecular complexity index is 571. The summed E-state index contributed by atoms with van der Waals surface area (Å²) >= 11 is 0. The van der Waals surface area contributed by atoms with Crippen molar-refractivity contribution in [3.05, 3.63) is 29.3 Å². The van der Waals surface area contributed by atoms with Gasteiger partial charge in [-0.3, -0.25) is 9.59 Å². The van der Waals surface area contributed by atoms with Gasteiger partial charge in [-0.25, -0.2) is 0 Å². The van der Waals surface area contributed by atoms with Crippen molar-refractivity contribution in [2.45, 2.75) is 31.7 Å². The Morgan fingerprint density at radius 3 is 3.05 bits per heavy atom. The number of anilines is 1. The van der Waals surface area contributed by atoms with E-state index in [9.17, 15) is 9.59 Å². The number of hydrogen-bond acceptors (Lipinski definition) is 3. The maximum absolute atomic E-state index is 12.6. The molecule has 0 aromatic heterocycles. The standard InChI is InChI=1S/C16H21N3O2/c1-17-13-3-2-8-19(10-13)16(21)12-4-6-14-11(9-12)5-7-15(20)18-14/h4,6,9,13,17H,2-3,5,7-8,10H2,1H3,(H,18,20)/t13-/m0/s1. The highest BCUT2D eigenvalue weighted by atomic mass is 16.2. The van der Waals surface area contributed by atoms with Gasteiger partial charge in [-0.2, -0.15) is 0 Å². The van der Waals surface area contributed by atoms with Crippen LogP contribution in [0.2, 0.25) is 0 Å². The van der Waals surface area contributed by atoms with Crippen molar-refractivity contribution in [3.63, 3.8) is 0 Å². The van der Waals surface area contributed by atoms with Gasteiger partial charge in [0.25, 0.3) is 5.91 Å². The van der Waals surface area contributed by atoms with Crippen LogP contribution in [-0.2, 0) is 11.2 Å². The quantitative estimate of drug-likeness (QED) is 0.864. The zero-order valence-electron chi connectivity index (χ0n) is 12.3. The summed E-state index contributed by atoms with van der Waals surface area (Å²) in [6.45, 7) is 1.59. The molecule has 1 aromatic carbocycles. The van der Waals surface area contributed by atoms with Crippen LogP contribution in [0, 0.1) is 0 Å². The van der Waals surface area contributed by atoms with Crippen LogP contribution in [-0.4, -0.2) is 42.9 Å². The summed E-state index contributed by atoms with van der Waals surface area (Å²) in [5.41, 5.74) is 2.62. The minimum atomic E-state index is 0.0504. The number of rotatable bonds is 2. The van der Waals surface area contributed by atoms with E-state index in [1.165, 1.54) is 0 Å². The Morgan fingerprint density at radius 1 is 1.38 bits per heavy atom. The Labute approximate surface area is 124 Å². The molecule has 0 unspecified atom stereocenters. The third-order valence-corrected chi connectivity index (χ3v) is 4.36. The van der Waals surface area contributed by atoms with Gasteiger partial charge in [0.15, 0.2) is 0 Å². The average Bonchev–Trinajstić information content (AvgIpc) is 2.53. The molecule has 1 saturated heterocycles. The first-order valence-corrected chi connectivity index (χ1v) is 7.56. The smallest absolute Gasteiger partial charge is 0.253 e. The fourth-order valence-corrected chi connectivity index (χ4v) is 3.10. The van der Waals surface area contributed by atoms with Crippen molar-refractivity contribution in [3.8, 4) is 0 Å². The molecule has 2 amide bonds. The van der Waals surface area contributed by atoms with Crippen LogP contribution in [0.25, 0.3) is 0 Å². The monoisotopic (exact) mass is 287 g/mol. The maximum Gasteiger partial charge on any atom is 0.253 e. The van der Waals surface area contributed by atoms with Crippen molar-refractivity contribution in [2.75, 3.05) is 25.5 Å². The van der Waals surface area contributed by atoms with E-state index in [0.29, 0.717) is 18.9 Å². The molecule has 2 heterocycles. The first kappa shape index (κ1) is 14.1. The molecular formula is C16H21N3O2. The summed E-state index contributed by atoms with van der Waals surface area (Å²) in [5, 5.41) is 6.10. The number of amides is 2. The maximum atomic E-state index is 12.6. The van der Waals surface area contributed by atoms with Gasteiger partial charge in [0.1, 0.15) is 0 Å². The number of piperidine rings is 1. The third kappa shape index (κ3) is 2.93. The summed E-state index contributed by atoms with van der Waals surface area (Å²) in [5.74, 6) is 0.143. The Hall–Kier alpha value is -1.88. The van der Waals surface area contributed by atoms with Crippen molar-refractivity contribution >= 4 is 17.5 Å². The van der Waals surface area contributed by atoms with Crippen LogP contribution in [0.1, 0.15) is 35.2 Å². The molecule has 5 heteroatoms. The van der Waals surface area contributed by atoms with E-state index in [1.807, 2.05) is 30.1 Å². The molecule has 2 aliphatic rings. The van der Waals surface area contributed by atoms with Crippen LogP contribution in [0.3, 0.4) is 0 Å². The third-order valence-electron chi connectivity index (χ3n) is 4.36. The number of nitrogens with one attached hydrogen (secondary N) is 2. The molecule has 21 heavy (non-hydrogen) atoms. The number of nitrogens with zero attached hydrogens (tertiary/aromatic N) is 1. The zero-order valence-corrected chi connectivity index (χ0v) is 12.3. The predicted molar refractivity (Wildman–Crippen MR) is 81.4 cm³/mol. The molecule has 5 nitrogen and oxygen atoms in total. The number of likely N-dealkylation sites (N-methyl/N-ethyl adjacent to an activating group) is 1. The summed E-state index contributed by atoms with van der Waals surface area (Å²) < 4.78 is 0. The summed E-state index contributed by atoms with van der Waals surface area (Å²) in [6.07, 6.45) is 3.37. The van der Waals surface area contributed by atoms with Gasteiger partial charge < -0.3 is 15.5 Å². The molecule has 2 N–H and O–H groups in total. The zero-order chi connectivity index (χ0) is 14.8. The van der Waals surface area contributed by atoms with E-state index in [0.717, 1.165) is 42.7 Å². The summed E-state index contributed by atoms with van der Waals surface area (Å²) in [7, 11) is 1.94. The lowest BCUT2D eigenvalue weighted by atomic mass is 9.99. The second-order valence-corrected chi connectivity index (χ2v) is 5.80. The van der Waals surface area contributed by atoms with Gasteiger partial charge in [0.2, 0.25) is 5.91 Å². The molecule has 0 aliphatic carbocycles. The molecule has 3 rings (SSSR count). The lowest BCUT2D eigenvalue weighted by Gasteiger charge is -2.32. The van der Waals surface area contributed by atoms with Gasteiger partial charge >= 0.3 is 0 Å². The fraction of sp³-hybridized carbons (Fsp3) is 0.500. The lowest BCUT2D eigenvalue weighted by molar-refractivity contribution is -0.116. The van der Waals surface area contributed by atoms with E-state index in [2.05, 4.69) is 10.6 Å². The van der Waals surface area contributed by atoms with E-state index in [1.54, 1.807) is 0 Å². The molecule has 1 atom stereocenters. The number of aryl methyl sites for hydroxylation is 1. The number of fused-ring (bicyclic) bond motifs is 1. The Balaban J connectivity index is 1.77. The van der Waals surface area contributed by atoms with Crippen LogP contribution >= 0.6 is 0 Å². The van der Waals surface area contributed by atoms with E-state index >= 15 is 0 Å². The summed E-state index contributed by atoms with van der Waals surface area (Å²) in [6, 6.07) is 5.98. The van der Waals surface area contributed by atoms with Gasteiger partial charge in [-0.1, -0.05) is 0 Å². The number of carbonyl (C=O) groups excluding carboxylic acids is 2. The first-order valence-electron chi connectivity index (χ1n) is 7.56.